The van der Waals surface area contributed by atoms with Crippen LogP contribution in [0.2, 0.25) is 0 Å². The average Bonchev–Trinajstić information content (AvgIpc) is 2.70. The van der Waals surface area contributed by atoms with E-state index in [1.54, 1.807) is 0 Å². The Morgan fingerprint density at radius 3 is 2.57 bits per heavy atom. The fourth-order valence-electron chi connectivity index (χ4n) is 4.13. The van der Waals surface area contributed by atoms with Crippen molar-refractivity contribution in [1.82, 2.24) is 10.2 Å². The van der Waals surface area contributed by atoms with Gasteiger partial charge in [-0.2, -0.15) is 0 Å². The zero-order valence-corrected chi connectivity index (χ0v) is 17.1. The standard InChI is InChI=1S/C24H30N2O2/c1-4-13-25-22(27)10-11-23(28)26-14-12-20-18(3)15-17(2)16-21(20)24(26)19-8-6-5-7-9-19/h5-9,15-16,24H,4,10-14H2,1-3H3,(H,25,27). The van der Waals surface area contributed by atoms with Crippen LogP contribution in [0.25, 0.3) is 0 Å². The molecule has 0 aliphatic carbocycles. The molecule has 0 aromatic heterocycles. The Morgan fingerprint density at radius 2 is 1.86 bits per heavy atom. The van der Waals surface area contributed by atoms with E-state index in [1.807, 2.05) is 30.0 Å². The van der Waals surface area contributed by atoms with Crippen molar-refractivity contribution in [2.24, 2.45) is 0 Å². The Morgan fingerprint density at radius 1 is 1.11 bits per heavy atom. The molecular formula is C24H30N2O2. The van der Waals surface area contributed by atoms with E-state index in [4.69, 9.17) is 0 Å². The maximum Gasteiger partial charge on any atom is 0.223 e. The predicted octanol–water partition coefficient (Wildman–Crippen LogP) is 4.08. The van der Waals surface area contributed by atoms with E-state index >= 15 is 0 Å². The zero-order chi connectivity index (χ0) is 20.1. The second-order valence-electron chi connectivity index (χ2n) is 7.65. The predicted molar refractivity (Wildman–Crippen MR) is 112 cm³/mol. The van der Waals surface area contributed by atoms with Gasteiger partial charge in [0.25, 0.3) is 0 Å². The Hall–Kier alpha value is -2.62. The molecular weight excluding hydrogens is 348 g/mol. The number of amides is 2. The van der Waals surface area contributed by atoms with Gasteiger partial charge in [-0.15, -0.1) is 0 Å². The largest absolute Gasteiger partial charge is 0.356 e. The molecule has 0 bridgehead atoms. The lowest BCUT2D eigenvalue weighted by atomic mass is 9.84. The van der Waals surface area contributed by atoms with Gasteiger partial charge in [0, 0.05) is 25.9 Å². The Bertz CT molecular complexity index is 845. The van der Waals surface area contributed by atoms with Crippen LogP contribution in [0, 0.1) is 13.8 Å². The summed E-state index contributed by atoms with van der Waals surface area (Å²) in [7, 11) is 0. The normalized spacial score (nSPS) is 15.8. The smallest absolute Gasteiger partial charge is 0.223 e. The molecule has 148 valence electrons. The Balaban J connectivity index is 1.88. The number of hydrogen-bond acceptors (Lipinski definition) is 2. The summed E-state index contributed by atoms with van der Waals surface area (Å²) in [6.45, 7) is 7.63. The number of hydrogen-bond donors (Lipinski definition) is 1. The maximum absolute atomic E-state index is 13.1. The number of fused-ring (bicyclic) bond motifs is 1. The first kappa shape index (κ1) is 20.1. The van der Waals surface area contributed by atoms with E-state index in [0.717, 1.165) is 18.4 Å². The fourth-order valence-corrected chi connectivity index (χ4v) is 4.13. The third-order valence-electron chi connectivity index (χ3n) is 5.43. The second kappa shape index (κ2) is 9.05. The lowest BCUT2D eigenvalue weighted by Crippen LogP contribution is -2.41. The molecule has 0 fully saturated rings. The highest BCUT2D eigenvalue weighted by Crippen LogP contribution is 2.37. The van der Waals surface area contributed by atoms with Crippen molar-refractivity contribution in [3.8, 4) is 0 Å². The first-order valence-corrected chi connectivity index (χ1v) is 10.2. The summed E-state index contributed by atoms with van der Waals surface area (Å²) in [4.78, 5) is 27.0. The van der Waals surface area contributed by atoms with E-state index in [9.17, 15) is 9.59 Å². The van der Waals surface area contributed by atoms with Crippen LogP contribution >= 0.6 is 0 Å². The molecule has 1 aliphatic rings. The second-order valence-corrected chi connectivity index (χ2v) is 7.65. The number of carbonyl (C=O) groups is 2. The van der Waals surface area contributed by atoms with E-state index in [0.29, 0.717) is 13.1 Å². The SMILES string of the molecule is CCCNC(=O)CCC(=O)N1CCc2c(C)cc(C)cc2C1c1ccccc1. The molecule has 28 heavy (non-hydrogen) atoms. The van der Waals surface area contributed by atoms with Crippen LogP contribution in [0.1, 0.15) is 60.0 Å². The van der Waals surface area contributed by atoms with Gasteiger partial charge in [0.2, 0.25) is 11.8 Å². The fraction of sp³-hybridized carbons (Fsp3) is 0.417. The van der Waals surface area contributed by atoms with Crippen LogP contribution in [-0.2, 0) is 16.0 Å². The molecule has 4 nitrogen and oxygen atoms in total. The van der Waals surface area contributed by atoms with E-state index in [1.165, 1.54) is 22.3 Å². The zero-order valence-electron chi connectivity index (χ0n) is 17.1. The molecule has 0 saturated heterocycles. The van der Waals surface area contributed by atoms with E-state index < -0.39 is 0 Å². The van der Waals surface area contributed by atoms with Gasteiger partial charge in [0.15, 0.2) is 0 Å². The van der Waals surface area contributed by atoms with Crippen molar-refractivity contribution in [3.63, 3.8) is 0 Å². The summed E-state index contributed by atoms with van der Waals surface area (Å²) < 4.78 is 0. The molecule has 3 rings (SSSR count). The van der Waals surface area contributed by atoms with Crippen LogP contribution in [0.15, 0.2) is 42.5 Å². The lowest BCUT2D eigenvalue weighted by molar-refractivity contribution is -0.135. The molecule has 2 aromatic rings. The quantitative estimate of drug-likeness (QED) is 0.823. The van der Waals surface area contributed by atoms with Crippen LogP contribution < -0.4 is 5.32 Å². The third kappa shape index (κ3) is 4.44. The molecule has 1 unspecified atom stereocenters. The molecule has 0 spiro atoms. The number of aryl methyl sites for hydroxylation is 2. The first-order valence-electron chi connectivity index (χ1n) is 10.2. The molecule has 4 heteroatoms. The van der Waals surface area contributed by atoms with Gasteiger partial charge >= 0.3 is 0 Å². The summed E-state index contributed by atoms with van der Waals surface area (Å²) in [6.07, 6.45) is 2.26. The minimum atomic E-state index is -0.0882. The first-order chi connectivity index (χ1) is 13.5. The monoisotopic (exact) mass is 378 g/mol. The van der Waals surface area contributed by atoms with Crippen molar-refractivity contribution in [2.45, 2.75) is 52.5 Å². The summed E-state index contributed by atoms with van der Waals surface area (Å²) in [5, 5.41) is 2.85. The maximum atomic E-state index is 13.1. The molecule has 1 heterocycles. The van der Waals surface area contributed by atoms with E-state index in [-0.39, 0.29) is 30.7 Å². The van der Waals surface area contributed by atoms with Crippen molar-refractivity contribution in [2.75, 3.05) is 13.1 Å². The highest BCUT2D eigenvalue weighted by atomic mass is 16.2. The molecule has 2 aromatic carbocycles. The summed E-state index contributed by atoms with van der Waals surface area (Å²) in [6, 6.07) is 14.6. The Labute approximate surface area is 167 Å². The molecule has 1 aliphatic heterocycles. The molecule has 1 atom stereocenters. The van der Waals surface area contributed by atoms with E-state index in [2.05, 4.69) is 43.4 Å². The minimum absolute atomic E-state index is 0.0458. The van der Waals surface area contributed by atoms with Gasteiger partial charge in [0.1, 0.15) is 0 Å². The number of rotatable bonds is 6. The topological polar surface area (TPSA) is 49.4 Å². The van der Waals surface area contributed by atoms with Crippen LogP contribution in [-0.4, -0.2) is 29.8 Å². The highest BCUT2D eigenvalue weighted by molar-refractivity contribution is 5.84. The summed E-state index contributed by atoms with van der Waals surface area (Å²) in [5.41, 5.74) is 6.20. The van der Waals surface area contributed by atoms with Gasteiger partial charge in [-0.3, -0.25) is 9.59 Å². The number of benzene rings is 2. The highest BCUT2D eigenvalue weighted by Gasteiger charge is 2.32. The summed E-state index contributed by atoms with van der Waals surface area (Å²) in [5.74, 6) is 0.000806. The summed E-state index contributed by atoms with van der Waals surface area (Å²) >= 11 is 0. The third-order valence-corrected chi connectivity index (χ3v) is 5.43. The van der Waals surface area contributed by atoms with Crippen LogP contribution in [0.3, 0.4) is 0 Å². The van der Waals surface area contributed by atoms with Gasteiger partial charge < -0.3 is 10.2 Å². The molecule has 2 amide bonds. The lowest BCUT2D eigenvalue weighted by Gasteiger charge is -2.39. The van der Waals surface area contributed by atoms with Crippen molar-refractivity contribution in [3.05, 3.63) is 70.3 Å². The van der Waals surface area contributed by atoms with Crippen molar-refractivity contribution >= 4 is 11.8 Å². The van der Waals surface area contributed by atoms with Gasteiger partial charge in [-0.25, -0.2) is 0 Å². The van der Waals surface area contributed by atoms with Gasteiger partial charge in [0.05, 0.1) is 6.04 Å². The van der Waals surface area contributed by atoms with Crippen molar-refractivity contribution in [1.29, 1.82) is 0 Å². The number of nitrogens with zero attached hydrogens (tertiary/aromatic N) is 1. The average molecular weight is 379 g/mol. The molecule has 0 saturated carbocycles. The van der Waals surface area contributed by atoms with Crippen LogP contribution in [0.5, 0.6) is 0 Å². The number of carbonyl (C=O) groups excluding carboxylic acids is 2. The molecule has 1 N–H and O–H groups in total. The molecule has 0 radical (unpaired) electrons. The van der Waals surface area contributed by atoms with Crippen molar-refractivity contribution < 1.29 is 9.59 Å². The van der Waals surface area contributed by atoms with Crippen LogP contribution in [0.4, 0.5) is 0 Å². The van der Waals surface area contributed by atoms with Gasteiger partial charge in [-0.05, 0) is 48.9 Å². The Kier molecular flexibility index (Phi) is 6.50. The minimum Gasteiger partial charge on any atom is -0.356 e. The van der Waals surface area contributed by atoms with Gasteiger partial charge in [-0.1, -0.05) is 55.0 Å². The number of nitrogens with one attached hydrogen (secondary N) is 1.